The third-order valence-corrected chi connectivity index (χ3v) is 8.24. The molecule has 3 saturated heterocycles. The van der Waals surface area contributed by atoms with E-state index >= 15 is 0 Å². The van der Waals surface area contributed by atoms with Crippen LogP contribution in [0.5, 0.6) is 0 Å². The summed E-state index contributed by atoms with van der Waals surface area (Å²) in [6, 6.07) is 8.48. The molecule has 0 saturated carbocycles. The van der Waals surface area contributed by atoms with Crippen molar-refractivity contribution in [3.63, 3.8) is 0 Å². The monoisotopic (exact) mass is 469 g/mol. The van der Waals surface area contributed by atoms with Gasteiger partial charge in [0.1, 0.15) is 5.54 Å². The average molecular weight is 470 g/mol. The van der Waals surface area contributed by atoms with Gasteiger partial charge >= 0.3 is 0 Å². The summed E-state index contributed by atoms with van der Waals surface area (Å²) in [6.45, 7) is 4.65. The lowest BCUT2D eigenvalue weighted by Gasteiger charge is -2.36. The van der Waals surface area contributed by atoms with Gasteiger partial charge in [0.2, 0.25) is 17.7 Å². The summed E-state index contributed by atoms with van der Waals surface area (Å²) >= 11 is 12.3. The Balaban J connectivity index is 1.57. The second kappa shape index (κ2) is 6.56. The molecule has 6 nitrogen and oxygen atoms in total. The molecule has 6 rings (SSSR count). The Morgan fingerprint density at radius 2 is 1.75 bits per heavy atom. The maximum atomic E-state index is 13.9. The highest BCUT2D eigenvalue weighted by atomic mass is 35.5. The second-order valence-corrected chi connectivity index (χ2v) is 10.1. The number of imide groups is 1. The van der Waals surface area contributed by atoms with Gasteiger partial charge in [-0.15, -0.1) is 0 Å². The molecule has 4 aliphatic rings. The first-order chi connectivity index (χ1) is 15.3. The van der Waals surface area contributed by atoms with Crippen LogP contribution in [0.1, 0.15) is 29.5 Å². The molecule has 2 aromatic rings. The zero-order valence-corrected chi connectivity index (χ0v) is 19.1. The molecule has 0 unspecified atom stereocenters. The number of carbonyl (C=O) groups excluding carboxylic acids is 3. The first kappa shape index (κ1) is 20.2. The number of aryl methyl sites for hydroxylation is 1. The summed E-state index contributed by atoms with van der Waals surface area (Å²) < 4.78 is 0. The van der Waals surface area contributed by atoms with Crippen LogP contribution in [0.2, 0.25) is 10.0 Å². The normalized spacial score (nSPS) is 30.8. The van der Waals surface area contributed by atoms with Crippen molar-refractivity contribution in [1.29, 1.82) is 0 Å². The third kappa shape index (κ3) is 2.28. The summed E-state index contributed by atoms with van der Waals surface area (Å²) in [5.74, 6) is -2.23. The maximum absolute atomic E-state index is 13.9. The number of anilines is 2. The van der Waals surface area contributed by atoms with Crippen LogP contribution in [0, 0.1) is 25.7 Å². The predicted molar refractivity (Wildman–Crippen MR) is 122 cm³/mol. The van der Waals surface area contributed by atoms with Crippen molar-refractivity contribution in [2.45, 2.75) is 38.3 Å². The Morgan fingerprint density at radius 3 is 2.47 bits per heavy atom. The molecule has 32 heavy (non-hydrogen) atoms. The largest absolute Gasteiger partial charge is 0.324 e. The molecule has 3 amide bonds. The van der Waals surface area contributed by atoms with Gasteiger partial charge in [-0.3, -0.25) is 19.3 Å². The average Bonchev–Trinajstić information content (AvgIpc) is 3.43. The summed E-state index contributed by atoms with van der Waals surface area (Å²) in [6.07, 6.45) is 1.66. The van der Waals surface area contributed by atoms with Gasteiger partial charge in [-0.1, -0.05) is 35.3 Å². The van der Waals surface area contributed by atoms with Gasteiger partial charge in [0.05, 0.1) is 17.5 Å². The van der Waals surface area contributed by atoms with Gasteiger partial charge in [-0.05, 0) is 62.6 Å². The molecule has 2 aromatic carbocycles. The van der Waals surface area contributed by atoms with Crippen LogP contribution in [0.3, 0.4) is 0 Å². The summed E-state index contributed by atoms with van der Waals surface area (Å²) in [5.41, 5.74) is 2.80. The molecule has 1 spiro atoms. The zero-order chi connectivity index (χ0) is 22.5. The minimum Gasteiger partial charge on any atom is -0.324 e. The van der Waals surface area contributed by atoms with E-state index in [9.17, 15) is 14.4 Å². The van der Waals surface area contributed by atoms with Gasteiger partial charge in [0.25, 0.3) is 0 Å². The summed E-state index contributed by atoms with van der Waals surface area (Å²) in [5, 5.41) is 3.76. The van der Waals surface area contributed by atoms with Crippen LogP contribution in [0.15, 0.2) is 30.3 Å². The molecule has 3 fully saturated rings. The highest BCUT2D eigenvalue weighted by Crippen LogP contribution is 2.61. The first-order valence-corrected chi connectivity index (χ1v) is 11.5. The van der Waals surface area contributed by atoms with Crippen LogP contribution in [-0.2, 0) is 19.9 Å². The Labute approximate surface area is 195 Å². The fourth-order valence-electron chi connectivity index (χ4n) is 6.44. The molecule has 0 bridgehead atoms. The summed E-state index contributed by atoms with van der Waals surface area (Å²) in [7, 11) is 0. The molecule has 8 heteroatoms. The van der Waals surface area contributed by atoms with E-state index in [-0.39, 0.29) is 23.8 Å². The highest BCUT2D eigenvalue weighted by Gasteiger charge is 2.74. The van der Waals surface area contributed by atoms with Crippen molar-refractivity contribution >= 4 is 52.3 Å². The Hall–Kier alpha value is -2.41. The van der Waals surface area contributed by atoms with Gasteiger partial charge < -0.3 is 5.32 Å². The van der Waals surface area contributed by atoms with E-state index in [0.717, 1.165) is 35.2 Å². The van der Waals surface area contributed by atoms with Crippen molar-refractivity contribution < 1.29 is 14.4 Å². The Kier molecular flexibility index (Phi) is 4.15. The molecule has 164 valence electrons. The van der Waals surface area contributed by atoms with Crippen molar-refractivity contribution in [3.05, 3.63) is 57.1 Å². The highest BCUT2D eigenvalue weighted by molar-refractivity contribution is 6.36. The van der Waals surface area contributed by atoms with Crippen LogP contribution in [0.4, 0.5) is 11.4 Å². The van der Waals surface area contributed by atoms with Gasteiger partial charge in [0.15, 0.2) is 0 Å². The van der Waals surface area contributed by atoms with Crippen molar-refractivity contribution in [2.24, 2.45) is 11.8 Å². The fourth-order valence-corrected chi connectivity index (χ4v) is 6.96. The summed E-state index contributed by atoms with van der Waals surface area (Å²) in [4.78, 5) is 44.7. The van der Waals surface area contributed by atoms with Crippen molar-refractivity contribution in [3.8, 4) is 0 Å². The van der Waals surface area contributed by atoms with Crippen LogP contribution >= 0.6 is 23.2 Å². The molecular formula is C24H21Cl2N3O3. The van der Waals surface area contributed by atoms with E-state index in [1.54, 1.807) is 18.2 Å². The molecule has 0 aliphatic carbocycles. The first-order valence-electron chi connectivity index (χ1n) is 10.8. The number of hydrogen-bond donors (Lipinski definition) is 1. The molecule has 4 heterocycles. The van der Waals surface area contributed by atoms with Gasteiger partial charge in [-0.25, -0.2) is 4.90 Å². The number of benzene rings is 2. The zero-order valence-electron chi connectivity index (χ0n) is 17.6. The standard InChI is InChI=1S/C24H21Cl2N3O3/c1-11-5-6-16-20(12(11)2)27-23(32)24(16)19-18(17-4-3-7-28(17)24)21(30)29(22(19)31)15-9-13(25)8-14(26)10-15/h5-6,8-10,17-19H,3-4,7H2,1-2H3,(H,27,32)/t17-,18+,19+,24+/m1/s1. The number of amides is 3. The number of carbonyl (C=O) groups is 3. The second-order valence-electron chi connectivity index (χ2n) is 9.20. The smallest absolute Gasteiger partial charge is 0.250 e. The van der Waals surface area contributed by atoms with Gasteiger partial charge in [0, 0.05) is 27.3 Å². The van der Waals surface area contributed by atoms with E-state index in [1.165, 1.54) is 4.90 Å². The minimum atomic E-state index is -1.18. The van der Waals surface area contributed by atoms with E-state index in [0.29, 0.717) is 22.3 Å². The molecule has 4 atom stereocenters. The van der Waals surface area contributed by atoms with Crippen LogP contribution in [-0.4, -0.2) is 35.2 Å². The fraction of sp³-hybridized carbons (Fsp3) is 0.375. The van der Waals surface area contributed by atoms with Crippen molar-refractivity contribution in [2.75, 3.05) is 16.8 Å². The number of nitrogens with one attached hydrogen (secondary N) is 1. The quantitative estimate of drug-likeness (QED) is 0.639. The molecule has 4 aliphatic heterocycles. The lowest BCUT2D eigenvalue weighted by atomic mass is 9.75. The molecular weight excluding hydrogens is 449 g/mol. The molecule has 0 radical (unpaired) electrons. The molecule has 0 aromatic heterocycles. The lowest BCUT2D eigenvalue weighted by Crippen LogP contribution is -2.54. The third-order valence-electron chi connectivity index (χ3n) is 7.80. The van der Waals surface area contributed by atoms with E-state index in [1.807, 2.05) is 26.0 Å². The minimum absolute atomic E-state index is 0.158. The number of hydrogen-bond acceptors (Lipinski definition) is 4. The van der Waals surface area contributed by atoms with Crippen LogP contribution in [0.25, 0.3) is 0 Å². The van der Waals surface area contributed by atoms with E-state index in [4.69, 9.17) is 23.2 Å². The number of rotatable bonds is 1. The van der Waals surface area contributed by atoms with Gasteiger partial charge in [-0.2, -0.15) is 0 Å². The number of nitrogens with zero attached hydrogens (tertiary/aromatic N) is 2. The molecule has 1 N–H and O–H groups in total. The van der Waals surface area contributed by atoms with Crippen molar-refractivity contribution in [1.82, 2.24) is 4.90 Å². The number of fused-ring (bicyclic) bond motifs is 7. The number of halogens is 2. The van der Waals surface area contributed by atoms with Crippen LogP contribution < -0.4 is 10.2 Å². The lowest BCUT2D eigenvalue weighted by molar-refractivity contribution is -0.135. The Bertz CT molecular complexity index is 1220. The predicted octanol–water partition coefficient (Wildman–Crippen LogP) is 4.04. The van der Waals surface area contributed by atoms with E-state index < -0.39 is 17.4 Å². The SMILES string of the molecule is Cc1ccc2c(c1C)NC(=O)[C@@]21[C@@H]2C(=O)N(c3cc(Cl)cc(Cl)c3)C(=O)[C@H]2[C@H]2CCCN21. The Morgan fingerprint density at radius 1 is 1.03 bits per heavy atom. The van der Waals surface area contributed by atoms with E-state index in [2.05, 4.69) is 10.2 Å². The maximum Gasteiger partial charge on any atom is 0.250 e. The topological polar surface area (TPSA) is 69.7 Å².